The van der Waals surface area contributed by atoms with E-state index in [4.69, 9.17) is 0 Å². The molecule has 1 saturated carbocycles. The number of benzene rings is 1. The van der Waals surface area contributed by atoms with Crippen LogP contribution in [0.2, 0.25) is 0 Å². The second-order valence-electron chi connectivity index (χ2n) is 6.09. The zero-order valence-corrected chi connectivity index (χ0v) is 15.2. The summed E-state index contributed by atoms with van der Waals surface area (Å²) >= 11 is 2.36. The summed E-state index contributed by atoms with van der Waals surface area (Å²) in [6.45, 7) is 0. The first-order valence-electron chi connectivity index (χ1n) is 8.21. The van der Waals surface area contributed by atoms with Crippen molar-refractivity contribution in [3.05, 3.63) is 30.1 Å². The predicted molar refractivity (Wildman–Crippen MR) is 96.0 cm³/mol. The first-order chi connectivity index (χ1) is 12.0. The zero-order chi connectivity index (χ0) is 17.8. The van der Waals surface area contributed by atoms with E-state index < -0.39 is 0 Å². The number of halogens is 1. The first-order valence-corrected chi connectivity index (χ1v) is 10.2. The van der Waals surface area contributed by atoms with Gasteiger partial charge in [-0.1, -0.05) is 24.6 Å². The molecule has 0 aromatic heterocycles. The maximum atomic E-state index is 12.9. The average molecular weight is 382 g/mol. The van der Waals surface area contributed by atoms with E-state index in [0.29, 0.717) is 0 Å². The summed E-state index contributed by atoms with van der Waals surface area (Å²) in [6.07, 6.45) is 3.41. The number of hydrogen-bond acceptors (Lipinski definition) is 5. The van der Waals surface area contributed by atoms with Crippen molar-refractivity contribution in [3.8, 4) is 0 Å². The van der Waals surface area contributed by atoms with E-state index in [1.165, 1.54) is 28.8 Å². The molecule has 1 aliphatic heterocycles. The summed E-state index contributed by atoms with van der Waals surface area (Å²) < 4.78 is 12.9. The molecule has 5 nitrogen and oxygen atoms in total. The van der Waals surface area contributed by atoms with Crippen LogP contribution in [0.3, 0.4) is 0 Å². The Morgan fingerprint density at radius 2 is 1.96 bits per heavy atom. The molecule has 2 fully saturated rings. The van der Waals surface area contributed by atoms with Gasteiger partial charge in [-0.3, -0.25) is 19.3 Å². The van der Waals surface area contributed by atoms with Crippen molar-refractivity contribution in [2.75, 3.05) is 11.5 Å². The van der Waals surface area contributed by atoms with Gasteiger partial charge in [-0.05, 0) is 37.1 Å². The van der Waals surface area contributed by atoms with Crippen molar-refractivity contribution < 1.29 is 18.8 Å². The van der Waals surface area contributed by atoms with Gasteiger partial charge in [-0.2, -0.15) is 0 Å². The number of carbonyl (C=O) groups excluding carboxylic acids is 3. The fourth-order valence-corrected chi connectivity index (χ4v) is 4.67. The standard InChI is InChI=1S/C17H19FN2O3S2/c18-11-5-7-12(8-6-11)24-9-15(21)19-13-3-1-2-4-14(13)20-16(22)10-25-17(20)23/h5-8,13-14H,1-4,9-10H2,(H,19,21). The summed E-state index contributed by atoms with van der Waals surface area (Å²) in [5, 5.41) is 2.77. The fraction of sp³-hybridized carbons (Fsp3) is 0.471. The highest BCUT2D eigenvalue weighted by Gasteiger charge is 2.41. The van der Waals surface area contributed by atoms with E-state index in [1.54, 1.807) is 12.1 Å². The second-order valence-corrected chi connectivity index (χ2v) is 8.06. The number of hydrogen-bond donors (Lipinski definition) is 1. The molecule has 1 aliphatic carbocycles. The SMILES string of the molecule is O=C(CSc1ccc(F)cc1)NC1CCCCC1N1C(=O)CSC1=O. The molecule has 0 bridgehead atoms. The highest BCUT2D eigenvalue weighted by Crippen LogP contribution is 2.30. The first kappa shape index (κ1) is 18.3. The van der Waals surface area contributed by atoms with Gasteiger partial charge in [0.05, 0.1) is 17.5 Å². The number of carbonyl (C=O) groups is 3. The Labute approximate surface area is 154 Å². The minimum atomic E-state index is -0.309. The van der Waals surface area contributed by atoms with Crippen LogP contribution in [0.15, 0.2) is 29.2 Å². The molecular formula is C17H19FN2O3S2. The lowest BCUT2D eigenvalue weighted by atomic mass is 9.89. The van der Waals surface area contributed by atoms with Gasteiger partial charge >= 0.3 is 0 Å². The lowest BCUT2D eigenvalue weighted by Crippen LogP contribution is -2.55. The minimum Gasteiger partial charge on any atom is -0.351 e. The molecule has 25 heavy (non-hydrogen) atoms. The van der Waals surface area contributed by atoms with Crippen molar-refractivity contribution in [1.82, 2.24) is 10.2 Å². The summed E-state index contributed by atoms with van der Waals surface area (Å²) in [7, 11) is 0. The van der Waals surface area contributed by atoms with E-state index in [1.807, 2.05) is 0 Å². The number of nitrogens with one attached hydrogen (secondary N) is 1. The smallest absolute Gasteiger partial charge is 0.289 e. The molecule has 1 aromatic rings. The van der Waals surface area contributed by atoms with E-state index >= 15 is 0 Å². The minimum absolute atomic E-state index is 0.141. The van der Waals surface area contributed by atoms with E-state index in [0.717, 1.165) is 42.3 Å². The number of imide groups is 1. The molecule has 8 heteroatoms. The monoisotopic (exact) mass is 382 g/mol. The highest BCUT2D eigenvalue weighted by atomic mass is 32.2. The van der Waals surface area contributed by atoms with Crippen LogP contribution in [-0.2, 0) is 9.59 Å². The van der Waals surface area contributed by atoms with Crippen LogP contribution < -0.4 is 5.32 Å². The molecule has 2 atom stereocenters. The quantitative estimate of drug-likeness (QED) is 0.793. The zero-order valence-electron chi connectivity index (χ0n) is 13.6. The third-order valence-electron chi connectivity index (χ3n) is 4.38. The molecule has 3 amide bonds. The molecule has 0 spiro atoms. The number of rotatable bonds is 5. The Kier molecular flexibility index (Phi) is 6.01. The Morgan fingerprint density at radius 3 is 2.64 bits per heavy atom. The molecule has 1 saturated heterocycles. The van der Waals surface area contributed by atoms with Crippen molar-refractivity contribution in [1.29, 1.82) is 0 Å². The maximum absolute atomic E-state index is 12.9. The van der Waals surface area contributed by atoms with Crippen LogP contribution in [0.25, 0.3) is 0 Å². The van der Waals surface area contributed by atoms with Crippen LogP contribution in [0, 0.1) is 5.82 Å². The summed E-state index contributed by atoms with van der Waals surface area (Å²) in [5.41, 5.74) is 0. The third kappa shape index (κ3) is 4.55. The Morgan fingerprint density at radius 1 is 1.24 bits per heavy atom. The van der Waals surface area contributed by atoms with Gasteiger partial charge in [0, 0.05) is 10.9 Å². The van der Waals surface area contributed by atoms with Crippen molar-refractivity contribution in [3.63, 3.8) is 0 Å². The lowest BCUT2D eigenvalue weighted by Gasteiger charge is -2.36. The van der Waals surface area contributed by atoms with Gasteiger partial charge in [-0.15, -0.1) is 11.8 Å². The summed E-state index contributed by atoms with van der Waals surface area (Å²) in [5.74, 6) is -0.210. The van der Waals surface area contributed by atoms with Crippen LogP contribution in [0.5, 0.6) is 0 Å². The van der Waals surface area contributed by atoms with Gasteiger partial charge in [0.25, 0.3) is 5.24 Å². The lowest BCUT2D eigenvalue weighted by molar-refractivity contribution is -0.128. The predicted octanol–water partition coefficient (Wildman–Crippen LogP) is 3.04. The molecule has 1 aromatic carbocycles. The van der Waals surface area contributed by atoms with Gasteiger partial charge in [0.1, 0.15) is 5.82 Å². The molecular weight excluding hydrogens is 363 g/mol. The summed E-state index contributed by atoms with van der Waals surface area (Å²) in [4.78, 5) is 38.4. The van der Waals surface area contributed by atoms with Crippen LogP contribution in [0.1, 0.15) is 25.7 Å². The molecule has 2 aliphatic rings. The molecule has 1 N–H and O–H groups in total. The summed E-state index contributed by atoms with van der Waals surface area (Å²) in [6, 6.07) is 5.55. The number of nitrogens with zero attached hydrogens (tertiary/aromatic N) is 1. The third-order valence-corrected chi connectivity index (χ3v) is 6.22. The van der Waals surface area contributed by atoms with E-state index in [-0.39, 0.29) is 46.5 Å². The molecule has 1 heterocycles. The van der Waals surface area contributed by atoms with Crippen LogP contribution in [-0.4, -0.2) is 45.5 Å². The van der Waals surface area contributed by atoms with Crippen LogP contribution >= 0.6 is 23.5 Å². The van der Waals surface area contributed by atoms with Gasteiger partial charge in [-0.25, -0.2) is 4.39 Å². The molecule has 3 rings (SSSR count). The van der Waals surface area contributed by atoms with E-state index in [9.17, 15) is 18.8 Å². The Bertz CT molecular complexity index is 652. The topological polar surface area (TPSA) is 66.5 Å². The van der Waals surface area contributed by atoms with E-state index in [2.05, 4.69) is 5.32 Å². The van der Waals surface area contributed by atoms with Gasteiger partial charge < -0.3 is 5.32 Å². The normalized spacial score (nSPS) is 23.8. The van der Waals surface area contributed by atoms with Crippen molar-refractivity contribution >= 4 is 40.6 Å². The second kappa shape index (κ2) is 8.23. The van der Waals surface area contributed by atoms with Gasteiger partial charge in [0.15, 0.2) is 0 Å². The molecule has 0 radical (unpaired) electrons. The van der Waals surface area contributed by atoms with Crippen molar-refractivity contribution in [2.24, 2.45) is 0 Å². The maximum Gasteiger partial charge on any atom is 0.289 e. The number of thioether (sulfide) groups is 2. The van der Waals surface area contributed by atoms with Crippen LogP contribution in [0.4, 0.5) is 9.18 Å². The number of amides is 3. The van der Waals surface area contributed by atoms with Crippen molar-refractivity contribution in [2.45, 2.75) is 42.7 Å². The molecule has 134 valence electrons. The fourth-order valence-electron chi connectivity index (χ4n) is 3.20. The Hall–Kier alpha value is -1.54. The van der Waals surface area contributed by atoms with Gasteiger partial charge in [0.2, 0.25) is 11.8 Å². The Balaban J connectivity index is 1.57. The molecule has 2 unspecified atom stereocenters. The average Bonchev–Trinajstić information content (AvgIpc) is 2.94. The highest BCUT2D eigenvalue weighted by molar-refractivity contribution is 8.14. The largest absolute Gasteiger partial charge is 0.351 e.